The Morgan fingerprint density at radius 2 is 2.06 bits per heavy atom. The minimum Gasteiger partial charge on any atom is -0.285 e. The van der Waals surface area contributed by atoms with E-state index in [1.54, 1.807) is 10.9 Å². The van der Waals surface area contributed by atoms with E-state index >= 15 is 0 Å². The van der Waals surface area contributed by atoms with Crippen molar-refractivity contribution in [1.82, 2.24) is 20.0 Å². The van der Waals surface area contributed by atoms with Gasteiger partial charge in [-0.15, -0.1) is 16.4 Å². The van der Waals surface area contributed by atoms with Crippen LogP contribution in [0.15, 0.2) is 47.4 Å². The van der Waals surface area contributed by atoms with Gasteiger partial charge in [0.2, 0.25) is 5.78 Å². The van der Waals surface area contributed by atoms with Crippen LogP contribution in [0.2, 0.25) is 0 Å². The SMILES string of the molecule is O=C(c1cscn1)c1cnnn1-c1ccccc1. The number of carbonyl (C=O) groups excluding carboxylic acids is 1. The Hall–Kier alpha value is -2.34. The lowest BCUT2D eigenvalue weighted by atomic mass is 10.2. The second kappa shape index (κ2) is 4.50. The zero-order chi connectivity index (χ0) is 12.4. The minimum absolute atomic E-state index is 0.176. The standard InChI is InChI=1S/C12H8N4OS/c17-12(10-7-18-8-13-10)11-6-14-15-16(11)9-4-2-1-3-5-9/h1-8H. The molecule has 2 aromatic heterocycles. The third-order valence-corrected chi connectivity index (χ3v) is 3.03. The maximum atomic E-state index is 12.2. The number of hydrogen-bond acceptors (Lipinski definition) is 5. The van der Waals surface area contributed by atoms with Gasteiger partial charge in [0.05, 0.1) is 17.4 Å². The van der Waals surface area contributed by atoms with Gasteiger partial charge in [0.1, 0.15) is 11.4 Å². The number of aromatic nitrogens is 4. The molecule has 0 N–H and O–H groups in total. The summed E-state index contributed by atoms with van der Waals surface area (Å²) in [5.74, 6) is -0.176. The van der Waals surface area contributed by atoms with E-state index in [-0.39, 0.29) is 5.78 Å². The Bertz CT molecular complexity index is 660. The number of carbonyl (C=O) groups is 1. The van der Waals surface area contributed by atoms with Gasteiger partial charge in [-0.25, -0.2) is 9.67 Å². The summed E-state index contributed by atoms with van der Waals surface area (Å²) in [5, 5.41) is 9.45. The number of benzene rings is 1. The van der Waals surface area contributed by atoms with E-state index in [1.165, 1.54) is 22.2 Å². The van der Waals surface area contributed by atoms with Crippen molar-refractivity contribution in [2.75, 3.05) is 0 Å². The van der Waals surface area contributed by atoms with E-state index in [0.717, 1.165) is 5.69 Å². The second-order valence-corrected chi connectivity index (χ2v) is 4.29. The van der Waals surface area contributed by atoms with Gasteiger partial charge in [-0.05, 0) is 12.1 Å². The molecule has 0 aliphatic rings. The molecule has 6 heteroatoms. The van der Waals surface area contributed by atoms with Crippen molar-refractivity contribution in [3.63, 3.8) is 0 Å². The third kappa shape index (κ3) is 1.82. The van der Waals surface area contributed by atoms with Crippen LogP contribution >= 0.6 is 11.3 Å². The minimum atomic E-state index is -0.176. The molecule has 0 amide bonds. The first-order valence-electron chi connectivity index (χ1n) is 5.25. The molecule has 3 aromatic rings. The summed E-state index contributed by atoms with van der Waals surface area (Å²) in [7, 11) is 0. The third-order valence-electron chi connectivity index (χ3n) is 2.45. The van der Waals surface area contributed by atoms with E-state index < -0.39 is 0 Å². The fraction of sp³-hybridized carbons (Fsp3) is 0. The van der Waals surface area contributed by atoms with Crippen molar-refractivity contribution >= 4 is 17.1 Å². The van der Waals surface area contributed by atoms with Crippen LogP contribution in [0.3, 0.4) is 0 Å². The summed E-state index contributed by atoms with van der Waals surface area (Å²) in [6, 6.07) is 9.41. The topological polar surface area (TPSA) is 60.7 Å². The molecule has 0 aliphatic heterocycles. The molecule has 0 fully saturated rings. The summed E-state index contributed by atoms with van der Waals surface area (Å²) < 4.78 is 1.52. The molecule has 0 radical (unpaired) electrons. The zero-order valence-electron chi connectivity index (χ0n) is 9.22. The number of rotatable bonds is 3. The second-order valence-electron chi connectivity index (χ2n) is 3.57. The van der Waals surface area contributed by atoms with Gasteiger partial charge in [-0.2, -0.15) is 0 Å². The van der Waals surface area contributed by atoms with Gasteiger partial charge in [0, 0.05) is 5.38 Å². The van der Waals surface area contributed by atoms with Crippen LogP contribution in [0.1, 0.15) is 16.2 Å². The zero-order valence-corrected chi connectivity index (χ0v) is 10.0. The summed E-state index contributed by atoms with van der Waals surface area (Å²) >= 11 is 1.38. The fourth-order valence-electron chi connectivity index (χ4n) is 1.61. The first-order chi connectivity index (χ1) is 8.86. The van der Waals surface area contributed by atoms with E-state index in [4.69, 9.17) is 0 Å². The molecule has 0 unspecified atom stereocenters. The molecule has 0 saturated heterocycles. The molecule has 0 bridgehead atoms. The lowest BCUT2D eigenvalue weighted by Crippen LogP contribution is -2.10. The molecule has 1 aromatic carbocycles. The van der Waals surface area contributed by atoms with E-state index in [2.05, 4.69) is 15.3 Å². The molecule has 0 atom stereocenters. The highest BCUT2D eigenvalue weighted by atomic mass is 32.1. The van der Waals surface area contributed by atoms with Gasteiger partial charge in [0.25, 0.3) is 0 Å². The quantitative estimate of drug-likeness (QED) is 0.672. The normalized spacial score (nSPS) is 10.4. The number of thiazole rings is 1. The van der Waals surface area contributed by atoms with Crippen LogP contribution in [-0.2, 0) is 0 Å². The van der Waals surface area contributed by atoms with Gasteiger partial charge in [0.15, 0.2) is 0 Å². The molecule has 0 aliphatic carbocycles. The van der Waals surface area contributed by atoms with Gasteiger partial charge in [-0.3, -0.25) is 4.79 Å². The molecule has 0 saturated carbocycles. The summed E-state index contributed by atoms with van der Waals surface area (Å²) in [4.78, 5) is 16.2. The first-order valence-corrected chi connectivity index (χ1v) is 6.19. The lowest BCUT2D eigenvalue weighted by molar-refractivity contribution is 0.102. The molecule has 2 heterocycles. The fourth-order valence-corrected chi connectivity index (χ4v) is 2.14. The average Bonchev–Trinajstić information content (AvgIpc) is 3.10. The summed E-state index contributed by atoms with van der Waals surface area (Å²) in [6.45, 7) is 0. The molecule has 18 heavy (non-hydrogen) atoms. The van der Waals surface area contributed by atoms with E-state index in [9.17, 15) is 4.79 Å². The van der Waals surface area contributed by atoms with Crippen LogP contribution < -0.4 is 0 Å². The largest absolute Gasteiger partial charge is 0.285 e. The monoisotopic (exact) mass is 256 g/mol. The molecular formula is C12H8N4OS. The van der Waals surface area contributed by atoms with Crippen LogP contribution in [-0.4, -0.2) is 25.8 Å². The van der Waals surface area contributed by atoms with Crippen molar-refractivity contribution in [3.8, 4) is 5.69 Å². The van der Waals surface area contributed by atoms with Crippen molar-refractivity contribution < 1.29 is 4.79 Å². The molecule has 3 rings (SSSR count). The van der Waals surface area contributed by atoms with E-state index in [0.29, 0.717) is 11.4 Å². The van der Waals surface area contributed by atoms with Crippen LogP contribution in [0.25, 0.3) is 5.69 Å². The van der Waals surface area contributed by atoms with Gasteiger partial charge >= 0.3 is 0 Å². The Morgan fingerprint density at radius 1 is 1.22 bits per heavy atom. The Kier molecular flexibility index (Phi) is 2.70. The molecular weight excluding hydrogens is 248 g/mol. The maximum Gasteiger partial charge on any atom is 0.232 e. The number of para-hydroxylation sites is 1. The Morgan fingerprint density at radius 3 is 2.78 bits per heavy atom. The van der Waals surface area contributed by atoms with Crippen LogP contribution in [0.5, 0.6) is 0 Å². The van der Waals surface area contributed by atoms with Crippen molar-refractivity contribution in [2.24, 2.45) is 0 Å². The number of ketones is 1. The Labute approximate surface area is 107 Å². The number of nitrogens with zero attached hydrogens (tertiary/aromatic N) is 4. The summed E-state index contributed by atoms with van der Waals surface area (Å²) in [6.07, 6.45) is 1.45. The smallest absolute Gasteiger partial charge is 0.232 e. The first kappa shape index (κ1) is 10.8. The molecule has 5 nitrogen and oxygen atoms in total. The van der Waals surface area contributed by atoms with Crippen molar-refractivity contribution in [1.29, 1.82) is 0 Å². The predicted octanol–water partition coefficient (Wildman–Crippen LogP) is 1.95. The average molecular weight is 256 g/mol. The lowest BCUT2D eigenvalue weighted by Gasteiger charge is -2.03. The van der Waals surface area contributed by atoms with Crippen LogP contribution in [0.4, 0.5) is 0 Å². The van der Waals surface area contributed by atoms with Gasteiger partial charge < -0.3 is 0 Å². The van der Waals surface area contributed by atoms with E-state index in [1.807, 2.05) is 30.3 Å². The van der Waals surface area contributed by atoms with Crippen molar-refractivity contribution in [2.45, 2.75) is 0 Å². The van der Waals surface area contributed by atoms with Crippen molar-refractivity contribution in [3.05, 3.63) is 58.8 Å². The highest BCUT2D eigenvalue weighted by Gasteiger charge is 2.17. The molecule has 88 valence electrons. The van der Waals surface area contributed by atoms with Crippen LogP contribution in [0, 0.1) is 0 Å². The van der Waals surface area contributed by atoms with Gasteiger partial charge in [-0.1, -0.05) is 23.4 Å². The Balaban J connectivity index is 2.05. The number of hydrogen-bond donors (Lipinski definition) is 0. The highest BCUT2D eigenvalue weighted by Crippen LogP contribution is 2.13. The maximum absolute atomic E-state index is 12.2. The molecule has 0 spiro atoms. The summed E-state index contributed by atoms with van der Waals surface area (Å²) in [5.41, 5.74) is 3.25. The highest BCUT2D eigenvalue weighted by molar-refractivity contribution is 7.07. The predicted molar refractivity (Wildman–Crippen MR) is 66.9 cm³/mol.